The number of aryl methyl sites for hydroxylation is 3. The SMILES string of the molecule is COC(=O)N1c2ccc3c(nc(Cc4ccc(OC(F)F)cc4)n3[C@@H]3CCC[C@@H](C(C)=O)C3)c2CC[C@@H]1C.COC(=O)N1c2ccc3c(nc(Cc4ccccc4)n3-c3cccc(C(=O)O)c3)c2CC[C@@H]1C.COC(=O)N1c2ccc3c(nc(Cc4ccccc4)n3C3CCC(c4nn[nH]n4)CC3)c2CC[C@@H]1C. The number of carboxylic acids is 1. The zero-order valence-electron chi connectivity index (χ0n) is 61.7. The number of carbonyl (C=O) groups excluding carboxylic acids is 4. The number of anilines is 3. The average Bonchev–Trinajstić information content (AvgIpc) is 1.60. The number of carboxylic acid groups (broad SMARTS) is 1. The van der Waals surface area contributed by atoms with Crippen LogP contribution in [0.3, 0.4) is 0 Å². The largest absolute Gasteiger partial charge is 0.478 e. The number of methoxy groups -OCH3 is 3. The van der Waals surface area contributed by atoms with Crippen molar-refractivity contribution in [1.29, 1.82) is 0 Å². The highest BCUT2D eigenvalue weighted by molar-refractivity contribution is 5.98. The van der Waals surface area contributed by atoms with E-state index in [1.807, 2.05) is 85.1 Å². The first-order chi connectivity index (χ1) is 52.4. The normalized spacial score (nSPS) is 19.6. The Morgan fingerprint density at radius 1 is 0.528 bits per heavy atom. The van der Waals surface area contributed by atoms with Crippen molar-refractivity contribution in [3.8, 4) is 11.4 Å². The van der Waals surface area contributed by atoms with E-state index in [2.05, 4.69) is 77.8 Å². The fourth-order valence-electron chi connectivity index (χ4n) is 16.9. The fourth-order valence-corrected chi connectivity index (χ4v) is 16.9. The van der Waals surface area contributed by atoms with E-state index in [1.165, 1.54) is 26.9 Å². The first-order valence-corrected chi connectivity index (χ1v) is 37.3. The molecule has 2 fully saturated rings. The van der Waals surface area contributed by atoms with E-state index in [0.29, 0.717) is 24.8 Å². The minimum Gasteiger partial charge on any atom is -0.478 e. The fraction of sp³-hybridized carbons (Fsp3) is 0.386. The van der Waals surface area contributed by atoms with Crippen molar-refractivity contribution in [3.63, 3.8) is 0 Å². The predicted molar refractivity (Wildman–Crippen MR) is 406 cm³/mol. The van der Waals surface area contributed by atoms with Crippen molar-refractivity contribution in [2.24, 2.45) is 5.92 Å². The molecule has 7 aromatic carbocycles. The number of alkyl halides is 2. The number of ether oxygens (including phenoxy) is 4. The number of hydrogen-bond donors (Lipinski definition) is 2. The number of nitrogens with zero attached hydrogens (tertiary/aromatic N) is 12. The molecule has 108 heavy (non-hydrogen) atoms. The summed E-state index contributed by atoms with van der Waals surface area (Å²) in [5, 5.41) is 24.3. The number of aromatic amines is 1. The smallest absolute Gasteiger partial charge is 0.414 e. The van der Waals surface area contributed by atoms with Gasteiger partial charge in [-0.1, -0.05) is 90.5 Å². The number of nitrogens with one attached hydrogen (secondary N) is 1. The molecule has 4 aromatic heterocycles. The summed E-state index contributed by atoms with van der Waals surface area (Å²) in [6.07, 6.45) is 13.4. The van der Waals surface area contributed by atoms with E-state index in [9.17, 15) is 37.9 Å². The van der Waals surface area contributed by atoms with Crippen LogP contribution >= 0.6 is 0 Å². The lowest BCUT2D eigenvalue weighted by Gasteiger charge is -2.34. The second-order valence-corrected chi connectivity index (χ2v) is 28.9. The van der Waals surface area contributed by atoms with Crippen LogP contribution in [0, 0.1) is 5.92 Å². The van der Waals surface area contributed by atoms with Crippen LogP contribution in [-0.2, 0) is 57.5 Å². The Kier molecular flexibility index (Phi) is 21.8. The zero-order valence-corrected chi connectivity index (χ0v) is 61.7. The van der Waals surface area contributed by atoms with Gasteiger partial charge in [-0.05, 0) is 195 Å². The Bertz CT molecular complexity index is 5100. The third-order valence-corrected chi connectivity index (χ3v) is 22.3. The molecule has 560 valence electrons. The molecular weight excluding hydrogens is 1380 g/mol. The van der Waals surface area contributed by atoms with Crippen LogP contribution in [0.1, 0.15) is 183 Å². The molecule has 0 bridgehead atoms. The van der Waals surface area contributed by atoms with Gasteiger partial charge in [-0.3, -0.25) is 24.1 Å². The van der Waals surface area contributed by atoms with Gasteiger partial charge in [0.2, 0.25) is 0 Å². The van der Waals surface area contributed by atoms with E-state index in [-0.39, 0.29) is 65.5 Å². The van der Waals surface area contributed by atoms with Crippen LogP contribution in [0.15, 0.2) is 146 Å². The number of tetrazole rings is 1. The van der Waals surface area contributed by atoms with Gasteiger partial charge in [0.05, 0.1) is 77.1 Å². The summed E-state index contributed by atoms with van der Waals surface area (Å²) in [5.74, 6) is 3.28. The lowest BCUT2D eigenvalue weighted by atomic mass is 9.83. The molecule has 5 aliphatic rings. The number of halogens is 2. The number of aromatic nitrogens is 10. The number of imidazole rings is 3. The van der Waals surface area contributed by atoms with Crippen molar-refractivity contribution < 1.29 is 56.8 Å². The molecule has 25 heteroatoms. The molecule has 7 heterocycles. The molecule has 3 aliphatic heterocycles. The van der Waals surface area contributed by atoms with Crippen LogP contribution in [0.4, 0.5) is 40.2 Å². The second kappa shape index (κ2) is 32.0. The number of rotatable bonds is 14. The van der Waals surface area contributed by atoms with Crippen LogP contribution in [-0.4, -0.2) is 130 Å². The molecule has 2 N–H and O–H groups in total. The summed E-state index contributed by atoms with van der Waals surface area (Å²) < 4.78 is 51.7. The second-order valence-electron chi connectivity index (χ2n) is 28.9. The van der Waals surface area contributed by atoms with Crippen molar-refractivity contribution >= 4 is 80.2 Å². The van der Waals surface area contributed by atoms with Crippen LogP contribution in [0.2, 0.25) is 0 Å². The molecule has 16 rings (SSSR count). The van der Waals surface area contributed by atoms with E-state index in [1.54, 1.807) is 64.1 Å². The Morgan fingerprint density at radius 3 is 1.47 bits per heavy atom. The number of aromatic carboxylic acids is 1. The lowest BCUT2D eigenvalue weighted by molar-refractivity contribution is -0.122. The summed E-state index contributed by atoms with van der Waals surface area (Å²) in [7, 11) is 4.23. The quantitative estimate of drug-likeness (QED) is 0.0959. The molecule has 2 saturated carbocycles. The highest BCUT2D eigenvalue weighted by Gasteiger charge is 2.38. The van der Waals surface area contributed by atoms with E-state index in [0.717, 1.165) is 203 Å². The maximum atomic E-state index is 12.6. The number of fused-ring (bicyclic) bond motifs is 9. The minimum absolute atomic E-state index is 0.0117. The number of benzene rings is 7. The summed E-state index contributed by atoms with van der Waals surface area (Å²) in [5.41, 5.74) is 15.7. The number of ketones is 1. The van der Waals surface area contributed by atoms with Crippen molar-refractivity contribution in [2.45, 2.75) is 180 Å². The number of Topliss-reactive ketones (excluding diaryl/α,β-unsaturated/α-hetero) is 1. The Balaban J connectivity index is 0.000000136. The summed E-state index contributed by atoms with van der Waals surface area (Å²) in [6, 6.07) is 46.8. The Hall–Kier alpha value is -11.4. The molecule has 0 spiro atoms. The van der Waals surface area contributed by atoms with Crippen LogP contribution in [0.25, 0.3) is 38.8 Å². The maximum absolute atomic E-state index is 12.6. The van der Waals surface area contributed by atoms with Crippen LogP contribution in [0.5, 0.6) is 5.75 Å². The van der Waals surface area contributed by atoms with Gasteiger partial charge in [-0.15, -0.1) is 10.2 Å². The van der Waals surface area contributed by atoms with Gasteiger partial charge < -0.3 is 33.2 Å². The first-order valence-electron chi connectivity index (χ1n) is 37.3. The maximum Gasteiger partial charge on any atom is 0.414 e. The van der Waals surface area contributed by atoms with Gasteiger partial charge >= 0.3 is 30.9 Å². The standard InChI is InChI=1S/C29H33F2N3O4.C27H31N7O2.C27H25N3O4/c1-17-7-12-23-24(33(17)29(36)37-3)13-14-25-27(23)32-26(15-19-8-10-22(11-9-19)38-28(30)31)34(25)21-6-4-5-20(16-21)18(2)35;1-17-8-13-21-22(33(17)27(35)36-2)14-15-23-25(21)28-24(16-18-6-4-3-5-7-18)34(23)20-11-9-19(10-12-20)26-29-31-32-30-26;1-17-11-12-21-22(29(17)27(33)34-2)13-14-23-25(21)28-24(15-18-7-4-3-5-8-18)30(23)20-10-6-9-19(16-20)26(31)32/h8-11,13-14,17,20-21,28H,4-7,12,15-16H2,1-3H3;3-7,14-15,17,19-20H,8-13,16H2,1-2H3,(H,29,30,31,32);3-10,13-14,16-17H,11-12,15H2,1-2H3,(H,31,32)/t17-,20+,21+;17-,19?,20?;17-/m000/s1. The van der Waals surface area contributed by atoms with Gasteiger partial charge in [0.1, 0.15) is 29.0 Å². The average molecular weight is 1470 g/mol. The van der Waals surface area contributed by atoms with Crippen molar-refractivity contribution in [2.75, 3.05) is 36.0 Å². The zero-order chi connectivity index (χ0) is 75.4. The van der Waals surface area contributed by atoms with Crippen molar-refractivity contribution in [3.05, 3.63) is 208 Å². The van der Waals surface area contributed by atoms with E-state index in [4.69, 9.17) is 29.2 Å². The molecule has 23 nitrogen and oxygen atoms in total. The number of hydrogen-bond acceptors (Lipinski definition) is 15. The molecule has 2 aliphatic carbocycles. The van der Waals surface area contributed by atoms with Gasteiger partial charge in [-0.25, -0.2) is 34.1 Å². The number of carbonyl (C=O) groups is 5. The summed E-state index contributed by atoms with van der Waals surface area (Å²) >= 11 is 0. The van der Waals surface area contributed by atoms with E-state index < -0.39 is 12.6 Å². The predicted octanol–water partition coefficient (Wildman–Crippen LogP) is 16.6. The number of H-pyrrole nitrogens is 1. The monoisotopic (exact) mass is 1470 g/mol. The Morgan fingerprint density at radius 2 is 1.00 bits per heavy atom. The van der Waals surface area contributed by atoms with Crippen LogP contribution < -0.4 is 19.4 Å². The van der Waals surface area contributed by atoms with Gasteiger partial charge in [0, 0.05) is 83.7 Å². The topological polar surface area (TPSA) is 260 Å². The summed E-state index contributed by atoms with van der Waals surface area (Å²) in [6.45, 7) is 4.90. The van der Waals surface area contributed by atoms with E-state index >= 15 is 0 Å². The molecule has 3 amide bonds. The third-order valence-electron chi connectivity index (χ3n) is 22.3. The molecular formula is C83H89F2N13O10. The molecule has 0 radical (unpaired) electrons. The Labute approximate surface area is 624 Å². The molecule has 0 saturated heterocycles. The third kappa shape index (κ3) is 14.9. The highest BCUT2D eigenvalue weighted by atomic mass is 19.3. The van der Waals surface area contributed by atoms with Gasteiger partial charge in [0.15, 0.2) is 5.82 Å². The molecule has 0 unspecified atom stereocenters. The molecule has 5 atom stereocenters. The highest BCUT2D eigenvalue weighted by Crippen LogP contribution is 2.45. The first kappa shape index (κ1) is 73.5. The lowest BCUT2D eigenvalue weighted by Crippen LogP contribution is -2.42. The minimum atomic E-state index is -2.87. The number of amides is 3. The summed E-state index contributed by atoms with van der Waals surface area (Å²) in [4.78, 5) is 82.3. The van der Waals surface area contributed by atoms with Crippen molar-refractivity contribution in [1.82, 2.24) is 49.3 Å². The molecule has 11 aromatic rings. The van der Waals surface area contributed by atoms with Gasteiger partial charge in [0.25, 0.3) is 0 Å². The van der Waals surface area contributed by atoms with Gasteiger partial charge in [-0.2, -0.15) is 14.0 Å².